The number of nitrogens with one attached hydrogen (secondary N) is 2. The van der Waals surface area contributed by atoms with Crippen LogP contribution in [0.1, 0.15) is 17.3 Å². The van der Waals surface area contributed by atoms with E-state index < -0.39 is 0 Å². The molecule has 1 atom stereocenters. The summed E-state index contributed by atoms with van der Waals surface area (Å²) < 4.78 is 5.05. The molecule has 1 aromatic carbocycles. The first kappa shape index (κ1) is 14.8. The highest BCUT2D eigenvalue weighted by molar-refractivity contribution is 5.96. The SMILES string of the molecule is CC(=O)Nc1cccc(C(=O)NCC2CN(C)C(=O)O2)c1. The van der Waals surface area contributed by atoms with Crippen molar-refractivity contribution >= 4 is 23.6 Å². The van der Waals surface area contributed by atoms with E-state index in [-0.39, 0.29) is 30.6 Å². The second-order valence-electron chi connectivity index (χ2n) is 4.86. The minimum Gasteiger partial charge on any atom is -0.442 e. The number of ether oxygens (including phenoxy) is 1. The lowest BCUT2D eigenvalue weighted by Gasteiger charge is -2.10. The number of hydrogen-bond donors (Lipinski definition) is 2. The molecule has 1 aliphatic heterocycles. The van der Waals surface area contributed by atoms with Gasteiger partial charge in [-0.3, -0.25) is 9.59 Å². The van der Waals surface area contributed by atoms with E-state index in [1.54, 1.807) is 31.3 Å². The summed E-state index contributed by atoms with van der Waals surface area (Å²) >= 11 is 0. The standard InChI is InChI=1S/C14H17N3O4/c1-9(18)16-11-5-3-4-10(6-11)13(19)15-7-12-8-17(2)14(20)21-12/h3-6,12H,7-8H2,1-2H3,(H,15,19)(H,16,18). The van der Waals surface area contributed by atoms with Gasteiger partial charge in [0.2, 0.25) is 5.91 Å². The van der Waals surface area contributed by atoms with Gasteiger partial charge in [0.25, 0.3) is 5.91 Å². The Kier molecular flexibility index (Phi) is 4.42. The first-order valence-electron chi connectivity index (χ1n) is 6.53. The molecule has 1 aliphatic rings. The molecule has 1 saturated heterocycles. The van der Waals surface area contributed by atoms with Crippen LogP contribution in [0.3, 0.4) is 0 Å². The Labute approximate surface area is 122 Å². The predicted molar refractivity (Wildman–Crippen MR) is 76.0 cm³/mol. The molecule has 0 saturated carbocycles. The summed E-state index contributed by atoms with van der Waals surface area (Å²) in [6.07, 6.45) is -0.730. The van der Waals surface area contributed by atoms with Gasteiger partial charge < -0.3 is 20.3 Å². The van der Waals surface area contributed by atoms with Crippen LogP contribution in [0.15, 0.2) is 24.3 Å². The summed E-state index contributed by atoms with van der Waals surface area (Å²) in [5.41, 5.74) is 0.987. The molecule has 7 heteroatoms. The Morgan fingerprint density at radius 2 is 2.19 bits per heavy atom. The fourth-order valence-electron chi connectivity index (χ4n) is 2.01. The van der Waals surface area contributed by atoms with E-state index in [1.807, 2.05) is 0 Å². The predicted octanol–water partition coefficient (Wildman–Crippen LogP) is 0.825. The average molecular weight is 291 g/mol. The molecule has 3 amide bonds. The highest BCUT2D eigenvalue weighted by atomic mass is 16.6. The number of cyclic esters (lactones) is 1. The summed E-state index contributed by atoms with van der Waals surface area (Å²) in [5, 5.41) is 5.32. The molecule has 0 radical (unpaired) electrons. The molecule has 7 nitrogen and oxygen atoms in total. The molecular weight excluding hydrogens is 274 g/mol. The van der Waals surface area contributed by atoms with Gasteiger partial charge in [0.15, 0.2) is 0 Å². The number of likely N-dealkylation sites (N-methyl/N-ethyl adjacent to an activating group) is 1. The molecule has 1 aromatic rings. The lowest BCUT2D eigenvalue weighted by molar-refractivity contribution is -0.114. The second-order valence-corrected chi connectivity index (χ2v) is 4.86. The van der Waals surface area contributed by atoms with E-state index in [0.717, 1.165) is 0 Å². The third-order valence-electron chi connectivity index (χ3n) is 2.99. The van der Waals surface area contributed by atoms with Gasteiger partial charge in [0.05, 0.1) is 13.1 Å². The molecule has 2 N–H and O–H groups in total. The van der Waals surface area contributed by atoms with Crippen molar-refractivity contribution in [3.63, 3.8) is 0 Å². The number of rotatable bonds is 4. The van der Waals surface area contributed by atoms with E-state index in [9.17, 15) is 14.4 Å². The molecule has 2 rings (SSSR count). The molecule has 0 aliphatic carbocycles. The van der Waals surface area contributed by atoms with Gasteiger partial charge in [-0.25, -0.2) is 4.79 Å². The summed E-state index contributed by atoms with van der Waals surface area (Å²) in [5.74, 6) is -0.485. The molecule has 0 aromatic heterocycles. The van der Waals surface area contributed by atoms with Crippen molar-refractivity contribution in [2.75, 3.05) is 25.5 Å². The van der Waals surface area contributed by atoms with E-state index in [0.29, 0.717) is 17.8 Å². The minimum absolute atomic E-state index is 0.200. The zero-order valence-electron chi connectivity index (χ0n) is 11.9. The van der Waals surface area contributed by atoms with Gasteiger partial charge in [-0.1, -0.05) is 6.07 Å². The van der Waals surface area contributed by atoms with Gasteiger partial charge in [-0.05, 0) is 18.2 Å². The zero-order valence-corrected chi connectivity index (χ0v) is 11.9. The van der Waals surface area contributed by atoms with Gasteiger partial charge in [0.1, 0.15) is 6.10 Å². The highest BCUT2D eigenvalue weighted by Crippen LogP contribution is 2.11. The van der Waals surface area contributed by atoms with Crippen LogP contribution < -0.4 is 10.6 Å². The van der Waals surface area contributed by atoms with Crippen molar-refractivity contribution < 1.29 is 19.1 Å². The first-order valence-corrected chi connectivity index (χ1v) is 6.53. The van der Waals surface area contributed by atoms with Crippen LogP contribution in [0.4, 0.5) is 10.5 Å². The molecular formula is C14H17N3O4. The summed E-state index contributed by atoms with van der Waals surface area (Å²) in [6, 6.07) is 6.62. The first-order chi connectivity index (χ1) is 9.95. The number of nitrogens with zero attached hydrogens (tertiary/aromatic N) is 1. The van der Waals surface area contributed by atoms with Crippen LogP contribution in [0, 0.1) is 0 Å². The zero-order chi connectivity index (χ0) is 15.4. The molecule has 1 unspecified atom stereocenters. The van der Waals surface area contributed by atoms with Gasteiger partial charge in [-0.15, -0.1) is 0 Å². The molecule has 0 bridgehead atoms. The second kappa shape index (κ2) is 6.25. The van der Waals surface area contributed by atoms with Crippen molar-refractivity contribution in [2.24, 2.45) is 0 Å². The Hall–Kier alpha value is -2.57. The lowest BCUT2D eigenvalue weighted by Crippen LogP contribution is -2.34. The normalized spacial score (nSPS) is 17.3. The van der Waals surface area contributed by atoms with Crippen molar-refractivity contribution in [1.29, 1.82) is 0 Å². The third-order valence-corrected chi connectivity index (χ3v) is 2.99. The smallest absolute Gasteiger partial charge is 0.410 e. The highest BCUT2D eigenvalue weighted by Gasteiger charge is 2.28. The number of benzene rings is 1. The van der Waals surface area contributed by atoms with Crippen LogP contribution >= 0.6 is 0 Å². The van der Waals surface area contributed by atoms with Crippen molar-refractivity contribution in [3.05, 3.63) is 29.8 Å². The van der Waals surface area contributed by atoms with Crippen molar-refractivity contribution in [1.82, 2.24) is 10.2 Å². The van der Waals surface area contributed by atoms with E-state index >= 15 is 0 Å². The quantitative estimate of drug-likeness (QED) is 0.860. The van der Waals surface area contributed by atoms with Crippen molar-refractivity contribution in [2.45, 2.75) is 13.0 Å². The van der Waals surface area contributed by atoms with Crippen LogP contribution in [-0.2, 0) is 9.53 Å². The third kappa shape index (κ3) is 3.95. The van der Waals surface area contributed by atoms with E-state index in [1.165, 1.54) is 11.8 Å². The fourth-order valence-corrected chi connectivity index (χ4v) is 2.01. The Bertz CT molecular complexity index is 573. The van der Waals surface area contributed by atoms with E-state index in [4.69, 9.17) is 4.74 Å². The maximum atomic E-state index is 12.0. The topological polar surface area (TPSA) is 87.7 Å². The fraction of sp³-hybridized carbons (Fsp3) is 0.357. The minimum atomic E-state index is -0.387. The average Bonchev–Trinajstić information content (AvgIpc) is 2.75. The monoisotopic (exact) mass is 291 g/mol. The molecule has 1 fully saturated rings. The van der Waals surface area contributed by atoms with Gasteiger partial charge in [-0.2, -0.15) is 0 Å². The molecule has 21 heavy (non-hydrogen) atoms. The van der Waals surface area contributed by atoms with Crippen molar-refractivity contribution in [3.8, 4) is 0 Å². The Morgan fingerprint density at radius 3 is 2.81 bits per heavy atom. The summed E-state index contributed by atoms with van der Waals surface area (Å²) in [6.45, 7) is 2.10. The van der Waals surface area contributed by atoms with Gasteiger partial charge >= 0.3 is 6.09 Å². The molecule has 112 valence electrons. The summed E-state index contributed by atoms with van der Waals surface area (Å²) in [4.78, 5) is 35.7. The Morgan fingerprint density at radius 1 is 1.43 bits per heavy atom. The van der Waals surface area contributed by atoms with Crippen LogP contribution in [-0.4, -0.2) is 49.0 Å². The van der Waals surface area contributed by atoms with Crippen LogP contribution in [0.25, 0.3) is 0 Å². The summed E-state index contributed by atoms with van der Waals surface area (Å²) in [7, 11) is 1.64. The number of anilines is 1. The molecule has 1 heterocycles. The molecule has 0 spiro atoms. The number of carbonyl (C=O) groups excluding carboxylic acids is 3. The Balaban J connectivity index is 1.91. The number of carbonyl (C=O) groups is 3. The van der Waals surface area contributed by atoms with Gasteiger partial charge in [0, 0.05) is 25.2 Å². The lowest BCUT2D eigenvalue weighted by atomic mass is 10.2. The number of amides is 3. The van der Waals surface area contributed by atoms with Crippen LogP contribution in [0.5, 0.6) is 0 Å². The largest absolute Gasteiger partial charge is 0.442 e. The van der Waals surface area contributed by atoms with Crippen LogP contribution in [0.2, 0.25) is 0 Å². The van der Waals surface area contributed by atoms with E-state index in [2.05, 4.69) is 10.6 Å². The maximum Gasteiger partial charge on any atom is 0.410 e. The number of hydrogen-bond acceptors (Lipinski definition) is 4. The maximum absolute atomic E-state index is 12.0.